The molecule has 1 aromatic carbocycles. The van der Waals surface area contributed by atoms with E-state index in [4.69, 9.17) is 0 Å². The summed E-state index contributed by atoms with van der Waals surface area (Å²) in [5.41, 5.74) is 0.849. The number of benzene rings is 1. The predicted octanol–water partition coefficient (Wildman–Crippen LogP) is 1.62. The minimum absolute atomic E-state index is 0.181. The molecule has 0 bridgehead atoms. The highest BCUT2D eigenvalue weighted by Gasteiger charge is 2.64. The van der Waals surface area contributed by atoms with Crippen LogP contribution in [-0.4, -0.2) is 50.0 Å². The number of carbonyl (C=O) groups excluding carboxylic acids is 2. The largest absolute Gasteiger partial charge is 0.480 e. The van der Waals surface area contributed by atoms with Crippen molar-refractivity contribution in [3.05, 3.63) is 34.3 Å². The summed E-state index contributed by atoms with van der Waals surface area (Å²) in [5.74, 6) is -1.58. The maximum atomic E-state index is 12.3. The van der Waals surface area contributed by atoms with Gasteiger partial charge < -0.3 is 15.3 Å². The molecule has 2 N–H and O–H groups in total. The van der Waals surface area contributed by atoms with Crippen LogP contribution in [0, 0.1) is 0 Å². The first-order valence-electron chi connectivity index (χ1n) is 7.47. The molecule has 2 saturated heterocycles. The normalized spacial score (nSPS) is 27.4. The highest BCUT2D eigenvalue weighted by atomic mass is 79.9. The Morgan fingerprint density at radius 1 is 1.33 bits per heavy atom. The Balaban J connectivity index is 1.65. The summed E-state index contributed by atoms with van der Waals surface area (Å²) in [6.45, 7) is 3.62. The lowest BCUT2D eigenvalue weighted by molar-refractivity contribution is -0.161. The van der Waals surface area contributed by atoms with E-state index in [-0.39, 0.29) is 23.6 Å². The van der Waals surface area contributed by atoms with Gasteiger partial charge in [-0.05, 0) is 31.5 Å². The van der Waals surface area contributed by atoms with Crippen LogP contribution in [0.2, 0.25) is 0 Å². The Bertz CT molecular complexity index is 707. The summed E-state index contributed by atoms with van der Waals surface area (Å²) in [6, 6.07) is 5.87. The molecule has 0 aromatic heterocycles. The van der Waals surface area contributed by atoms with Gasteiger partial charge in [-0.25, -0.2) is 4.79 Å². The monoisotopic (exact) mass is 412 g/mol. The number of carboxylic acid groups (broad SMARTS) is 1. The van der Waals surface area contributed by atoms with Crippen molar-refractivity contribution in [2.75, 3.05) is 0 Å². The van der Waals surface area contributed by atoms with E-state index >= 15 is 0 Å². The number of aliphatic carboxylic acids is 1. The third-order valence-electron chi connectivity index (χ3n) is 4.27. The van der Waals surface area contributed by atoms with Crippen LogP contribution in [0.15, 0.2) is 28.7 Å². The van der Waals surface area contributed by atoms with E-state index in [0.29, 0.717) is 0 Å². The van der Waals surface area contributed by atoms with Crippen LogP contribution < -0.4 is 5.32 Å². The van der Waals surface area contributed by atoms with Gasteiger partial charge in [-0.1, -0.05) is 28.1 Å². The molecule has 2 aliphatic heterocycles. The topological polar surface area (TPSA) is 86.7 Å². The molecule has 0 radical (unpaired) electrons. The van der Waals surface area contributed by atoms with Crippen molar-refractivity contribution in [2.24, 2.45) is 0 Å². The molecule has 3 atom stereocenters. The number of hydrogen-bond donors (Lipinski definition) is 2. The van der Waals surface area contributed by atoms with Crippen LogP contribution in [0.3, 0.4) is 0 Å². The standard InChI is InChI=1S/C16H17BrN2O4S/c1-16(2)12(15(22)23)19-13(21)11(14(19)24-16)18-10(20)7-8-3-5-9(17)6-4-8/h3-6,11-12,14H,7H2,1-2H3,(H,18,20)(H,22,23)/t11-,12+,14-/m1/s1. The van der Waals surface area contributed by atoms with Crippen molar-refractivity contribution in [1.82, 2.24) is 10.2 Å². The van der Waals surface area contributed by atoms with E-state index in [1.807, 2.05) is 38.1 Å². The molecule has 6 nitrogen and oxygen atoms in total. The first-order chi connectivity index (χ1) is 11.2. The molecule has 24 heavy (non-hydrogen) atoms. The maximum absolute atomic E-state index is 12.3. The number of thioether (sulfide) groups is 1. The van der Waals surface area contributed by atoms with Crippen LogP contribution in [-0.2, 0) is 20.8 Å². The molecule has 2 amide bonds. The summed E-state index contributed by atoms with van der Waals surface area (Å²) in [7, 11) is 0. The predicted molar refractivity (Wildman–Crippen MR) is 93.5 cm³/mol. The molecular weight excluding hydrogens is 396 g/mol. The molecule has 8 heteroatoms. The van der Waals surface area contributed by atoms with Gasteiger partial charge in [-0.3, -0.25) is 9.59 Å². The number of nitrogens with zero attached hydrogens (tertiary/aromatic N) is 1. The number of hydrogen-bond acceptors (Lipinski definition) is 4. The number of carbonyl (C=O) groups is 3. The lowest BCUT2D eigenvalue weighted by Crippen LogP contribution is -2.70. The maximum Gasteiger partial charge on any atom is 0.327 e. The second kappa shape index (κ2) is 6.07. The van der Waals surface area contributed by atoms with Gasteiger partial charge in [-0.15, -0.1) is 11.8 Å². The number of β-lactam (4-membered cyclic amide) rings is 1. The third-order valence-corrected chi connectivity index (χ3v) is 6.37. The van der Waals surface area contributed by atoms with Crippen molar-refractivity contribution in [2.45, 2.75) is 42.5 Å². The Morgan fingerprint density at radius 2 is 1.96 bits per heavy atom. The van der Waals surface area contributed by atoms with Crippen molar-refractivity contribution >= 4 is 45.5 Å². The number of fused-ring (bicyclic) bond motifs is 1. The summed E-state index contributed by atoms with van der Waals surface area (Å²) < 4.78 is 0.345. The molecule has 2 fully saturated rings. The fraction of sp³-hybridized carbons (Fsp3) is 0.438. The first kappa shape index (κ1) is 17.3. The van der Waals surface area contributed by atoms with Gasteiger partial charge in [0.05, 0.1) is 6.42 Å². The molecule has 2 heterocycles. The number of rotatable bonds is 4. The molecule has 0 aliphatic carbocycles. The minimum atomic E-state index is -1.01. The number of nitrogens with one attached hydrogen (secondary N) is 1. The van der Waals surface area contributed by atoms with Gasteiger partial charge >= 0.3 is 5.97 Å². The van der Waals surface area contributed by atoms with E-state index in [1.54, 1.807) is 0 Å². The second-order valence-electron chi connectivity index (χ2n) is 6.45. The summed E-state index contributed by atoms with van der Waals surface area (Å²) in [4.78, 5) is 37.3. The Kier molecular flexibility index (Phi) is 4.37. The van der Waals surface area contributed by atoms with Crippen molar-refractivity contribution in [3.63, 3.8) is 0 Å². The second-order valence-corrected chi connectivity index (χ2v) is 9.13. The van der Waals surface area contributed by atoms with Gasteiger partial charge in [0.15, 0.2) is 0 Å². The fourth-order valence-corrected chi connectivity index (χ4v) is 5.05. The number of halogens is 1. The highest BCUT2D eigenvalue weighted by Crippen LogP contribution is 2.50. The SMILES string of the molecule is CC1(C)S[C@@H]2[C@H](NC(=O)Cc3ccc(Br)cc3)C(=O)N2[C@H]1C(=O)O. The molecule has 3 rings (SSSR count). The zero-order valence-corrected chi connectivity index (χ0v) is 15.6. The van der Waals surface area contributed by atoms with Gasteiger partial charge in [0.25, 0.3) is 0 Å². The van der Waals surface area contributed by atoms with Crippen LogP contribution in [0.1, 0.15) is 19.4 Å². The van der Waals surface area contributed by atoms with E-state index < -0.39 is 22.8 Å². The lowest BCUT2D eigenvalue weighted by Gasteiger charge is -2.43. The molecule has 0 saturated carbocycles. The summed E-state index contributed by atoms with van der Waals surface area (Å²) in [5, 5.41) is 11.8. The molecular formula is C16H17BrN2O4S. The number of carboxylic acids is 1. The molecule has 2 aliphatic rings. The van der Waals surface area contributed by atoms with E-state index in [2.05, 4.69) is 21.2 Å². The smallest absolute Gasteiger partial charge is 0.327 e. The minimum Gasteiger partial charge on any atom is -0.480 e. The van der Waals surface area contributed by atoms with Crippen molar-refractivity contribution in [1.29, 1.82) is 0 Å². The van der Waals surface area contributed by atoms with Crippen LogP contribution >= 0.6 is 27.7 Å². The fourth-order valence-electron chi connectivity index (χ4n) is 3.16. The molecule has 1 aromatic rings. The Hall–Kier alpha value is -1.54. The van der Waals surface area contributed by atoms with E-state index in [1.165, 1.54) is 16.7 Å². The van der Waals surface area contributed by atoms with Gasteiger partial charge in [0.2, 0.25) is 11.8 Å². The van der Waals surface area contributed by atoms with Gasteiger partial charge in [-0.2, -0.15) is 0 Å². The van der Waals surface area contributed by atoms with Gasteiger partial charge in [0, 0.05) is 9.22 Å². The first-order valence-corrected chi connectivity index (χ1v) is 9.14. The molecule has 0 spiro atoms. The Labute approximate surface area is 152 Å². The summed E-state index contributed by atoms with van der Waals surface area (Å²) >= 11 is 4.76. The molecule has 128 valence electrons. The average molecular weight is 413 g/mol. The third kappa shape index (κ3) is 2.93. The average Bonchev–Trinajstić information content (AvgIpc) is 2.76. The Morgan fingerprint density at radius 3 is 2.54 bits per heavy atom. The summed E-state index contributed by atoms with van der Waals surface area (Å²) in [6.07, 6.45) is 0.181. The lowest BCUT2D eigenvalue weighted by atomic mass is 9.96. The van der Waals surface area contributed by atoms with Crippen LogP contribution in [0.5, 0.6) is 0 Å². The van der Waals surface area contributed by atoms with E-state index in [9.17, 15) is 19.5 Å². The van der Waals surface area contributed by atoms with E-state index in [0.717, 1.165) is 10.0 Å². The quantitative estimate of drug-likeness (QED) is 0.733. The van der Waals surface area contributed by atoms with Crippen LogP contribution in [0.4, 0.5) is 0 Å². The van der Waals surface area contributed by atoms with Gasteiger partial charge in [0.1, 0.15) is 17.5 Å². The number of amides is 2. The van der Waals surface area contributed by atoms with Crippen LogP contribution in [0.25, 0.3) is 0 Å². The van der Waals surface area contributed by atoms with Crippen molar-refractivity contribution < 1.29 is 19.5 Å². The zero-order chi connectivity index (χ0) is 17.6. The van der Waals surface area contributed by atoms with Crippen molar-refractivity contribution in [3.8, 4) is 0 Å². The zero-order valence-electron chi connectivity index (χ0n) is 13.2. The molecule has 0 unspecified atom stereocenters. The highest BCUT2D eigenvalue weighted by molar-refractivity contribution is 9.10.